The van der Waals surface area contributed by atoms with E-state index >= 15 is 0 Å². The van der Waals surface area contributed by atoms with Crippen molar-refractivity contribution >= 4 is 11.6 Å². The van der Waals surface area contributed by atoms with E-state index in [1.807, 2.05) is 19.3 Å². The van der Waals surface area contributed by atoms with E-state index in [-0.39, 0.29) is 5.91 Å². The zero-order valence-corrected chi connectivity index (χ0v) is 16.5. The van der Waals surface area contributed by atoms with Crippen LogP contribution in [0.4, 0.5) is 0 Å². The third kappa shape index (κ3) is 3.16. The highest BCUT2D eigenvalue weighted by atomic mass is 16.5. The molecule has 4 aromatic rings. The Hall–Kier alpha value is -3.88. The first-order chi connectivity index (χ1) is 14.0. The van der Waals surface area contributed by atoms with E-state index in [1.165, 1.54) is 0 Å². The summed E-state index contributed by atoms with van der Waals surface area (Å²) in [6.45, 7) is 0. The van der Waals surface area contributed by atoms with Crippen molar-refractivity contribution in [3.8, 4) is 34.0 Å². The highest BCUT2D eigenvalue weighted by Crippen LogP contribution is 2.34. The Bertz CT molecular complexity index is 1210. The van der Waals surface area contributed by atoms with E-state index in [2.05, 4.69) is 20.5 Å². The molecule has 0 spiro atoms. The van der Waals surface area contributed by atoms with E-state index in [1.54, 1.807) is 61.1 Å². The second-order valence-electron chi connectivity index (χ2n) is 6.38. The standard InChI is InChI=1S/C20H20N6O3/c1-21-19(27)12-5-6-17(28-3)15(7-12)16-10-22-18-8-14(13-9-23-25(2)11-13)20(29-4)24-26(16)18/h5-11H,1-4H3,(H,21,27). The van der Waals surface area contributed by atoms with Gasteiger partial charge in [-0.1, -0.05) is 0 Å². The summed E-state index contributed by atoms with van der Waals surface area (Å²) >= 11 is 0. The van der Waals surface area contributed by atoms with Crippen LogP contribution >= 0.6 is 0 Å². The maximum absolute atomic E-state index is 12.1. The molecule has 1 amide bonds. The molecule has 4 rings (SSSR count). The van der Waals surface area contributed by atoms with Crippen molar-refractivity contribution in [3.63, 3.8) is 0 Å². The number of aryl methyl sites for hydroxylation is 1. The smallest absolute Gasteiger partial charge is 0.251 e. The van der Waals surface area contributed by atoms with E-state index < -0.39 is 0 Å². The van der Waals surface area contributed by atoms with Gasteiger partial charge in [0.25, 0.3) is 5.91 Å². The van der Waals surface area contributed by atoms with Gasteiger partial charge >= 0.3 is 0 Å². The van der Waals surface area contributed by atoms with Gasteiger partial charge in [0, 0.05) is 37.0 Å². The lowest BCUT2D eigenvalue weighted by Crippen LogP contribution is -2.17. The number of imidazole rings is 1. The van der Waals surface area contributed by atoms with Crippen LogP contribution in [-0.2, 0) is 7.05 Å². The topological polar surface area (TPSA) is 95.6 Å². The minimum Gasteiger partial charge on any atom is -0.496 e. The molecule has 0 unspecified atom stereocenters. The number of benzene rings is 1. The van der Waals surface area contributed by atoms with Gasteiger partial charge in [-0.15, -0.1) is 5.10 Å². The summed E-state index contributed by atoms with van der Waals surface area (Å²) in [5.74, 6) is 0.856. The summed E-state index contributed by atoms with van der Waals surface area (Å²) < 4.78 is 14.4. The summed E-state index contributed by atoms with van der Waals surface area (Å²) in [6, 6.07) is 7.10. The molecule has 0 aliphatic carbocycles. The van der Waals surface area contributed by atoms with Crippen LogP contribution in [0.15, 0.2) is 42.9 Å². The molecule has 0 fully saturated rings. The molecular formula is C20H20N6O3. The Morgan fingerprint density at radius 3 is 2.59 bits per heavy atom. The van der Waals surface area contributed by atoms with Crippen molar-refractivity contribution in [2.24, 2.45) is 7.05 Å². The Morgan fingerprint density at radius 1 is 1.10 bits per heavy atom. The molecule has 29 heavy (non-hydrogen) atoms. The van der Waals surface area contributed by atoms with E-state index in [0.29, 0.717) is 34.1 Å². The molecular weight excluding hydrogens is 372 g/mol. The number of nitrogens with zero attached hydrogens (tertiary/aromatic N) is 5. The predicted molar refractivity (Wildman–Crippen MR) is 107 cm³/mol. The van der Waals surface area contributed by atoms with E-state index in [4.69, 9.17) is 9.47 Å². The van der Waals surface area contributed by atoms with Crippen LogP contribution in [-0.4, -0.2) is 51.6 Å². The summed E-state index contributed by atoms with van der Waals surface area (Å²) in [5.41, 5.74) is 4.19. The number of hydrogen-bond acceptors (Lipinski definition) is 6. The fourth-order valence-corrected chi connectivity index (χ4v) is 3.19. The Labute approximate surface area is 166 Å². The number of hydrogen-bond donors (Lipinski definition) is 1. The van der Waals surface area contributed by atoms with Gasteiger partial charge in [-0.3, -0.25) is 9.48 Å². The third-order valence-corrected chi connectivity index (χ3v) is 4.63. The molecule has 9 heteroatoms. The maximum Gasteiger partial charge on any atom is 0.251 e. The zero-order chi connectivity index (χ0) is 20.5. The van der Waals surface area contributed by atoms with Gasteiger partial charge < -0.3 is 14.8 Å². The number of methoxy groups -OCH3 is 2. The molecule has 9 nitrogen and oxygen atoms in total. The number of amides is 1. The molecule has 3 aromatic heterocycles. The summed E-state index contributed by atoms with van der Waals surface area (Å²) in [4.78, 5) is 16.6. The van der Waals surface area contributed by atoms with Gasteiger partial charge in [0.15, 0.2) is 5.65 Å². The number of aromatic nitrogens is 5. The third-order valence-electron chi connectivity index (χ3n) is 4.63. The van der Waals surface area contributed by atoms with Crippen molar-refractivity contribution in [1.82, 2.24) is 29.7 Å². The second kappa shape index (κ2) is 7.27. The van der Waals surface area contributed by atoms with Crippen molar-refractivity contribution in [1.29, 1.82) is 0 Å². The fraction of sp³-hybridized carbons (Fsp3) is 0.200. The average Bonchev–Trinajstić information content (AvgIpc) is 3.37. The fourth-order valence-electron chi connectivity index (χ4n) is 3.19. The van der Waals surface area contributed by atoms with Gasteiger partial charge in [-0.25, -0.2) is 9.50 Å². The van der Waals surface area contributed by atoms with Crippen molar-refractivity contribution in [2.75, 3.05) is 21.3 Å². The largest absolute Gasteiger partial charge is 0.496 e. The quantitative estimate of drug-likeness (QED) is 0.559. The molecule has 0 saturated carbocycles. The zero-order valence-electron chi connectivity index (χ0n) is 16.5. The number of carbonyl (C=O) groups is 1. The van der Waals surface area contributed by atoms with Crippen LogP contribution in [0.2, 0.25) is 0 Å². The first-order valence-electron chi connectivity index (χ1n) is 8.88. The molecule has 0 aliphatic heterocycles. The molecule has 0 radical (unpaired) electrons. The van der Waals surface area contributed by atoms with Gasteiger partial charge in [0.05, 0.1) is 37.9 Å². The number of carbonyl (C=O) groups excluding carboxylic acids is 1. The lowest BCUT2D eigenvalue weighted by atomic mass is 10.1. The van der Waals surface area contributed by atoms with Crippen molar-refractivity contribution in [2.45, 2.75) is 0 Å². The van der Waals surface area contributed by atoms with Crippen LogP contribution in [0, 0.1) is 0 Å². The van der Waals surface area contributed by atoms with Crippen molar-refractivity contribution in [3.05, 3.63) is 48.4 Å². The van der Waals surface area contributed by atoms with Crippen LogP contribution in [0.1, 0.15) is 10.4 Å². The molecule has 0 saturated heterocycles. The lowest BCUT2D eigenvalue weighted by Gasteiger charge is -2.11. The van der Waals surface area contributed by atoms with Crippen molar-refractivity contribution < 1.29 is 14.3 Å². The minimum absolute atomic E-state index is 0.188. The summed E-state index contributed by atoms with van der Waals surface area (Å²) in [6.07, 6.45) is 5.33. The normalized spacial score (nSPS) is 10.9. The summed E-state index contributed by atoms with van der Waals surface area (Å²) in [7, 11) is 6.59. The van der Waals surface area contributed by atoms with Gasteiger partial charge in [-0.2, -0.15) is 5.10 Å². The molecule has 1 aromatic carbocycles. The molecule has 1 N–H and O–H groups in total. The molecule has 148 valence electrons. The SMILES string of the molecule is CNC(=O)c1ccc(OC)c(-c2cnc3cc(-c4cnn(C)c4)c(OC)nn23)c1. The highest BCUT2D eigenvalue weighted by Gasteiger charge is 2.18. The number of ether oxygens (including phenoxy) is 2. The first kappa shape index (κ1) is 18.5. The highest BCUT2D eigenvalue weighted by molar-refractivity contribution is 5.95. The number of fused-ring (bicyclic) bond motifs is 1. The Kier molecular flexibility index (Phi) is 4.63. The van der Waals surface area contributed by atoms with Gasteiger partial charge in [0.1, 0.15) is 5.75 Å². The van der Waals surface area contributed by atoms with Crippen LogP contribution in [0.5, 0.6) is 11.6 Å². The van der Waals surface area contributed by atoms with Crippen LogP contribution < -0.4 is 14.8 Å². The molecule has 0 atom stereocenters. The van der Waals surface area contributed by atoms with Crippen LogP contribution in [0.3, 0.4) is 0 Å². The lowest BCUT2D eigenvalue weighted by molar-refractivity contribution is 0.0963. The van der Waals surface area contributed by atoms with Gasteiger partial charge in [-0.05, 0) is 24.3 Å². The monoisotopic (exact) mass is 392 g/mol. The predicted octanol–water partition coefficient (Wildman–Crippen LogP) is 2.17. The summed E-state index contributed by atoms with van der Waals surface area (Å²) in [5, 5.41) is 11.5. The number of rotatable bonds is 5. The molecule has 3 heterocycles. The van der Waals surface area contributed by atoms with Gasteiger partial charge in [0.2, 0.25) is 5.88 Å². The van der Waals surface area contributed by atoms with E-state index in [0.717, 1.165) is 11.1 Å². The second-order valence-corrected chi connectivity index (χ2v) is 6.38. The van der Waals surface area contributed by atoms with Crippen LogP contribution in [0.25, 0.3) is 28.0 Å². The molecule has 0 aliphatic rings. The number of nitrogens with one attached hydrogen (secondary N) is 1. The Balaban J connectivity index is 1.91. The molecule has 0 bridgehead atoms. The minimum atomic E-state index is -0.188. The first-order valence-corrected chi connectivity index (χ1v) is 8.88. The van der Waals surface area contributed by atoms with E-state index in [9.17, 15) is 4.79 Å². The Morgan fingerprint density at radius 2 is 1.93 bits per heavy atom. The average molecular weight is 392 g/mol. The maximum atomic E-state index is 12.1.